The lowest BCUT2D eigenvalue weighted by atomic mass is 9.91. The highest BCUT2D eigenvalue weighted by Crippen LogP contribution is 2.36. The number of carbonyl (C=O) groups excluding carboxylic acids is 1. The van der Waals surface area contributed by atoms with Crippen molar-refractivity contribution in [1.29, 1.82) is 0 Å². The number of hydrogen-bond acceptors (Lipinski definition) is 5. The van der Waals surface area contributed by atoms with Gasteiger partial charge in [0.2, 0.25) is 11.9 Å². The summed E-state index contributed by atoms with van der Waals surface area (Å²) in [6, 6.07) is 1.12. The van der Waals surface area contributed by atoms with Gasteiger partial charge in [-0.15, -0.1) is 0 Å². The largest absolute Gasteiger partial charge is 0.354 e. The van der Waals surface area contributed by atoms with Gasteiger partial charge in [0.25, 0.3) is 0 Å². The fourth-order valence-electron chi connectivity index (χ4n) is 3.49. The van der Waals surface area contributed by atoms with Crippen molar-refractivity contribution >= 4 is 23.5 Å². The van der Waals surface area contributed by atoms with Crippen LogP contribution in [-0.2, 0) is 4.79 Å². The van der Waals surface area contributed by atoms with Crippen LogP contribution < -0.4 is 10.6 Å². The minimum absolute atomic E-state index is 0.0406. The van der Waals surface area contributed by atoms with Gasteiger partial charge in [-0.1, -0.05) is 11.6 Å². The molecule has 26 heavy (non-hydrogen) atoms. The molecule has 2 aromatic rings. The molecule has 7 nitrogen and oxygen atoms in total. The zero-order chi connectivity index (χ0) is 18.1. The fourth-order valence-corrected chi connectivity index (χ4v) is 3.69. The van der Waals surface area contributed by atoms with E-state index in [2.05, 4.69) is 25.7 Å². The molecule has 4 rings (SSSR count). The first-order valence-corrected chi connectivity index (χ1v) is 9.57. The molecule has 2 saturated carbocycles. The molecule has 2 aliphatic carbocycles. The van der Waals surface area contributed by atoms with Crippen molar-refractivity contribution in [3.63, 3.8) is 0 Å². The second kappa shape index (κ2) is 7.23. The minimum atomic E-state index is 0.0406. The van der Waals surface area contributed by atoms with E-state index >= 15 is 0 Å². The Kier molecular flexibility index (Phi) is 4.80. The third-order valence-electron chi connectivity index (χ3n) is 5.01. The lowest BCUT2D eigenvalue weighted by Crippen LogP contribution is -2.39. The van der Waals surface area contributed by atoms with Crippen LogP contribution in [0.5, 0.6) is 0 Å². The molecule has 0 radical (unpaired) electrons. The summed E-state index contributed by atoms with van der Waals surface area (Å²) in [5.74, 6) is 0.630. The van der Waals surface area contributed by atoms with Crippen LogP contribution in [0.3, 0.4) is 0 Å². The molecule has 2 N–H and O–H groups in total. The third-order valence-corrected chi connectivity index (χ3v) is 5.28. The van der Waals surface area contributed by atoms with Gasteiger partial charge in [-0.25, -0.2) is 9.97 Å². The van der Waals surface area contributed by atoms with Crippen molar-refractivity contribution in [2.75, 3.05) is 5.32 Å². The van der Waals surface area contributed by atoms with Crippen LogP contribution in [0.25, 0.3) is 11.3 Å². The van der Waals surface area contributed by atoms with E-state index in [1.54, 1.807) is 13.1 Å². The molecule has 0 atom stereocenters. The van der Waals surface area contributed by atoms with Gasteiger partial charge in [-0.2, -0.15) is 5.10 Å². The molecule has 0 unspecified atom stereocenters. The Hall–Kier alpha value is -2.15. The van der Waals surface area contributed by atoms with Crippen LogP contribution >= 0.6 is 11.6 Å². The Balaban J connectivity index is 1.42. The zero-order valence-electron chi connectivity index (χ0n) is 14.8. The molecule has 1 amide bonds. The maximum Gasteiger partial charge on any atom is 0.223 e. The van der Waals surface area contributed by atoms with Crippen molar-refractivity contribution < 1.29 is 4.79 Å². The monoisotopic (exact) mass is 374 g/mol. The maximum absolute atomic E-state index is 11.2. The second-order valence-corrected chi connectivity index (χ2v) is 7.63. The molecule has 2 fully saturated rings. The summed E-state index contributed by atoms with van der Waals surface area (Å²) in [6.45, 7) is 1.57. The average Bonchev–Trinajstić information content (AvgIpc) is 3.35. The second-order valence-electron chi connectivity index (χ2n) is 7.22. The number of aromatic nitrogens is 4. The Morgan fingerprint density at radius 2 is 1.88 bits per heavy atom. The maximum atomic E-state index is 11.2. The summed E-state index contributed by atoms with van der Waals surface area (Å²) in [6.07, 6.45) is 11.7. The predicted octanol–water partition coefficient (Wildman–Crippen LogP) is 3.19. The summed E-state index contributed by atoms with van der Waals surface area (Å²) in [5, 5.41) is 11.4. The highest BCUT2D eigenvalue weighted by atomic mass is 35.5. The van der Waals surface area contributed by atoms with E-state index in [-0.39, 0.29) is 11.9 Å². The Labute approximate surface area is 157 Å². The van der Waals surface area contributed by atoms with E-state index in [4.69, 9.17) is 11.6 Å². The number of halogens is 1. The molecule has 2 heterocycles. The van der Waals surface area contributed by atoms with Crippen molar-refractivity contribution in [2.45, 2.75) is 63.6 Å². The van der Waals surface area contributed by atoms with Crippen LogP contribution in [0.1, 0.15) is 51.5 Å². The number of amides is 1. The van der Waals surface area contributed by atoms with Crippen LogP contribution in [0.15, 0.2) is 18.6 Å². The minimum Gasteiger partial charge on any atom is -0.354 e. The SMILES string of the molecule is CC(=O)N[C@H]1CC[C@H](Nc2ncc(Cl)c(-c3cnn(C4CC4)c3)n2)CC1. The van der Waals surface area contributed by atoms with E-state index in [0.29, 0.717) is 28.7 Å². The third kappa shape index (κ3) is 3.98. The van der Waals surface area contributed by atoms with E-state index in [0.717, 1.165) is 31.2 Å². The van der Waals surface area contributed by atoms with E-state index in [1.165, 1.54) is 12.8 Å². The zero-order valence-corrected chi connectivity index (χ0v) is 15.5. The normalized spacial score (nSPS) is 22.8. The number of carbonyl (C=O) groups is 1. The van der Waals surface area contributed by atoms with Crippen LogP contribution in [0, 0.1) is 0 Å². The number of hydrogen-bond donors (Lipinski definition) is 2. The first-order chi connectivity index (χ1) is 12.6. The van der Waals surface area contributed by atoms with Crippen molar-refractivity contribution in [3.8, 4) is 11.3 Å². The first kappa shape index (κ1) is 17.3. The smallest absolute Gasteiger partial charge is 0.223 e. The van der Waals surface area contributed by atoms with Gasteiger partial charge in [0.15, 0.2) is 0 Å². The molecular weight excluding hydrogens is 352 g/mol. The highest BCUT2D eigenvalue weighted by Gasteiger charge is 2.25. The summed E-state index contributed by atoms with van der Waals surface area (Å²) in [5.41, 5.74) is 1.63. The van der Waals surface area contributed by atoms with Crippen LogP contribution in [0.4, 0.5) is 5.95 Å². The molecule has 0 aliphatic heterocycles. The topological polar surface area (TPSA) is 84.7 Å². The average molecular weight is 375 g/mol. The fraction of sp³-hybridized carbons (Fsp3) is 0.556. The summed E-state index contributed by atoms with van der Waals surface area (Å²) >= 11 is 6.32. The lowest BCUT2D eigenvalue weighted by Gasteiger charge is -2.29. The molecule has 2 aromatic heterocycles. The quantitative estimate of drug-likeness (QED) is 0.839. The Morgan fingerprint density at radius 1 is 1.15 bits per heavy atom. The van der Waals surface area contributed by atoms with E-state index < -0.39 is 0 Å². The van der Waals surface area contributed by atoms with Crippen molar-refractivity contribution in [3.05, 3.63) is 23.6 Å². The number of anilines is 1. The Morgan fingerprint density at radius 3 is 2.58 bits per heavy atom. The molecule has 2 aliphatic rings. The van der Waals surface area contributed by atoms with Crippen LogP contribution in [-0.4, -0.2) is 37.7 Å². The van der Waals surface area contributed by atoms with Gasteiger partial charge in [-0.05, 0) is 38.5 Å². The van der Waals surface area contributed by atoms with Gasteiger partial charge in [0.1, 0.15) is 0 Å². The lowest BCUT2D eigenvalue weighted by molar-refractivity contribution is -0.119. The molecule has 0 saturated heterocycles. The Bertz CT molecular complexity index is 795. The van der Waals surface area contributed by atoms with Gasteiger partial charge >= 0.3 is 0 Å². The predicted molar refractivity (Wildman–Crippen MR) is 100 cm³/mol. The molecule has 0 aromatic carbocycles. The summed E-state index contributed by atoms with van der Waals surface area (Å²) in [7, 11) is 0. The van der Waals surface area contributed by atoms with Gasteiger partial charge < -0.3 is 10.6 Å². The summed E-state index contributed by atoms with van der Waals surface area (Å²) < 4.78 is 1.99. The summed E-state index contributed by atoms with van der Waals surface area (Å²) in [4.78, 5) is 20.1. The molecule has 138 valence electrons. The highest BCUT2D eigenvalue weighted by molar-refractivity contribution is 6.32. The molecule has 0 spiro atoms. The van der Waals surface area contributed by atoms with Crippen molar-refractivity contribution in [1.82, 2.24) is 25.1 Å². The van der Waals surface area contributed by atoms with Gasteiger partial charge in [-0.3, -0.25) is 9.48 Å². The van der Waals surface area contributed by atoms with E-state index in [1.807, 2.05) is 17.1 Å². The van der Waals surface area contributed by atoms with Crippen LogP contribution in [0.2, 0.25) is 5.02 Å². The number of nitrogens with one attached hydrogen (secondary N) is 2. The molecule has 8 heteroatoms. The van der Waals surface area contributed by atoms with Gasteiger partial charge in [0, 0.05) is 30.8 Å². The number of nitrogens with zero attached hydrogens (tertiary/aromatic N) is 4. The van der Waals surface area contributed by atoms with E-state index in [9.17, 15) is 4.79 Å². The molecule has 0 bridgehead atoms. The number of rotatable bonds is 5. The standard InChI is InChI=1S/C18H23ClN6O/c1-11(26)22-13-2-4-14(5-3-13)23-18-20-9-16(19)17(24-18)12-8-21-25(10-12)15-6-7-15/h8-10,13-15H,2-7H2,1H3,(H,22,26)(H,20,23,24)/t13-,14-. The van der Waals surface area contributed by atoms with Gasteiger partial charge in [0.05, 0.1) is 29.2 Å². The molecular formula is C18H23ClN6O. The van der Waals surface area contributed by atoms with Crippen molar-refractivity contribution in [2.24, 2.45) is 0 Å². The first-order valence-electron chi connectivity index (χ1n) is 9.19.